The first-order chi connectivity index (χ1) is 9.15. The van der Waals surface area contributed by atoms with E-state index in [2.05, 4.69) is 20.3 Å². The highest BCUT2D eigenvalue weighted by Crippen LogP contribution is 2.25. The van der Waals surface area contributed by atoms with Gasteiger partial charge in [-0.3, -0.25) is 0 Å². The number of nitrogens with zero attached hydrogens (tertiary/aromatic N) is 4. The standard InChI is InChI=1S/C12H13ClFN5/c1-3-19(9-7-5-4-6-8(9)14)12-17-10(13)16-11(15-2)18-12/h4-7H,3H2,1-2H3,(H,15,16,17,18). The minimum absolute atomic E-state index is 0.0594. The smallest absolute Gasteiger partial charge is 0.236 e. The molecule has 1 aromatic carbocycles. The number of halogens is 2. The van der Waals surface area contributed by atoms with Crippen LogP contribution in [0.1, 0.15) is 6.92 Å². The molecule has 0 aliphatic carbocycles. The Bertz CT molecular complexity index is 578. The summed E-state index contributed by atoms with van der Waals surface area (Å²) in [6.45, 7) is 2.38. The van der Waals surface area contributed by atoms with Crippen LogP contribution >= 0.6 is 11.6 Å². The summed E-state index contributed by atoms with van der Waals surface area (Å²) in [5.74, 6) is 0.300. The summed E-state index contributed by atoms with van der Waals surface area (Å²) in [6, 6.07) is 6.43. The first kappa shape index (κ1) is 13.5. The van der Waals surface area contributed by atoms with Gasteiger partial charge in [-0.1, -0.05) is 12.1 Å². The zero-order valence-electron chi connectivity index (χ0n) is 10.6. The molecular formula is C12H13ClFN5. The molecule has 100 valence electrons. The van der Waals surface area contributed by atoms with E-state index in [4.69, 9.17) is 11.6 Å². The summed E-state index contributed by atoms with van der Waals surface area (Å²) in [4.78, 5) is 13.7. The molecule has 7 heteroatoms. The van der Waals surface area contributed by atoms with E-state index in [1.807, 2.05) is 6.92 Å². The van der Waals surface area contributed by atoms with Crippen LogP contribution in [-0.2, 0) is 0 Å². The van der Waals surface area contributed by atoms with Gasteiger partial charge in [0.15, 0.2) is 0 Å². The topological polar surface area (TPSA) is 53.9 Å². The molecule has 1 heterocycles. The average Bonchev–Trinajstić information content (AvgIpc) is 2.41. The molecule has 0 amide bonds. The minimum atomic E-state index is -0.341. The number of benzene rings is 1. The van der Waals surface area contributed by atoms with Crippen molar-refractivity contribution in [2.24, 2.45) is 0 Å². The third-order valence-corrected chi connectivity index (χ3v) is 2.69. The molecule has 0 aliphatic heterocycles. The predicted molar refractivity (Wildman–Crippen MR) is 73.5 cm³/mol. The SMILES string of the molecule is CCN(c1nc(Cl)nc(NC)n1)c1ccccc1F. The van der Waals surface area contributed by atoms with Crippen LogP contribution in [0.5, 0.6) is 0 Å². The Balaban J connectivity index is 2.48. The fraction of sp³-hybridized carbons (Fsp3) is 0.250. The lowest BCUT2D eigenvalue weighted by atomic mass is 10.3. The Morgan fingerprint density at radius 1 is 1.26 bits per heavy atom. The van der Waals surface area contributed by atoms with Gasteiger partial charge in [0.05, 0.1) is 5.69 Å². The van der Waals surface area contributed by atoms with Gasteiger partial charge in [0.1, 0.15) is 5.82 Å². The van der Waals surface area contributed by atoms with E-state index in [1.165, 1.54) is 6.07 Å². The number of anilines is 3. The van der Waals surface area contributed by atoms with Crippen LogP contribution in [0.25, 0.3) is 0 Å². The second-order valence-electron chi connectivity index (χ2n) is 3.67. The molecule has 0 atom stereocenters. The van der Waals surface area contributed by atoms with Crippen molar-refractivity contribution in [1.29, 1.82) is 0 Å². The predicted octanol–water partition coefficient (Wildman–Crippen LogP) is 2.86. The fourth-order valence-electron chi connectivity index (χ4n) is 1.66. The summed E-state index contributed by atoms with van der Waals surface area (Å²) in [5.41, 5.74) is 0.398. The lowest BCUT2D eigenvalue weighted by Gasteiger charge is -2.21. The molecule has 0 bridgehead atoms. The highest BCUT2D eigenvalue weighted by Gasteiger charge is 2.16. The quantitative estimate of drug-likeness (QED) is 0.934. The third-order valence-electron chi connectivity index (χ3n) is 2.52. The van der Waals surface area contributed by atoms with Crippen molar-refractivity contribution in [3.8, 4) is 0 Å². The second kappa shape index (κ2) is 5.79. The van der Waals surface area contributed by atoms with Crippen LogP contribution in [0.3, 0.4) is 0 Å². The van der Waals surface area contributed by atoms with Crippen molar-refractivity contribution >= 4 is 29.2 Å². The van der Waals surface area contributed by atoms with Crippen LogP contribution < -0.4 is 10.2 Å². The number of aromatic nitrogens is 3. The van der Waals surface area contributed by atoms with Crippen LogP contribution in [-0.4, -0.2) is 28.5 Å². The number of nitrogens with one attached hydrogen (secondary N) is 1. The molecule has 5 nitrogen and oxygen atoms in total. The van der Waals surface area contributed by atoms with Crippen molar-refractivity contribution in [2.75, 3.05) is 23.8 Å². The Morgan fingerprint density at radius 2 is 2.00 bits per heavy atom. The third kappa shape index (κ3) is 2.90. The highest BCUT2D eigenvalue weighted by atomic mass is 35.5. The molecule has 0 unspecified atom stereocenters. The molecule has 19 heavy (non-hydrogen) atoms. The molecule has 1 N–H and O–H groups in total. The maximum atomic E-state index is 13.8. The van der Waals surface area contributed by atoms with Crippen LogP contribution in [0.2, 0.25) is 5.28 Å². The van der Waals surface area contributed by atoms with Crippen LogP contribution in [0.15, 0.2) is 24.3 Å². The summed E-state index contributed by atoms with van der Waals surface area (Å²) >= 11 is 5.83. The molecule has 0 saturated carbocycles. The Hall–Kier alpha value is -1.95. The maximum Gasteiger partial charge on any atom is 0.236 e. The van der Waals surface area contributed by atoms with Crippen molar-refractivity contribution in [2.45, 2.75) is 6.92 Å². The fourth-order valence-corrected chi connectivity index (χ4v) is 1.82. The minimum Gasteiger partial charge on any atom is -0.357 e. The largest absolute Gasteiger partial charge is 0.357 e. The molecular weight excluding hydrogens is 269 g/mol. The molecule has 0 spiro atoms. The second-order valence-corrected chi connectivity index (χ2v) is 4.01. The maximum absolute atomic E-state index is 13.8. The monoisotopic (exact) mass is 281 g/mol. The van der Waals surface area contributed by atoms with Crippen molar-refractivity contribution in [3.05, 3.63) is 35.4 Å². The number of hydrogen-bond acceptors (Lipinski definition) is 5. The number of para-hydroxylation sites is 1. The summed E-state index contributed by atoms with van der Waals surface area (Å²) in [5, 5.41) is 2.85. The first-order valence-corrected chi connectivity index (χ1v) is 6.15. The Morgan fingerprint density at radius 3 is 2.63 bits per heavy atom. The summed E-state index contributed by atoms with van der Waals surface area (Å²) in [7, 11) is 1.68. The summed E-state index contributed by atoms with van der Waals surface area (Å²) < 4.78 is 13.8. The Labute approximate surface area is 115 Å². The van der Waals surface area contributed by atoms with Crippen molar-refractivity contribution < 1.29 is 4.39 Å². The zero-order chi connectivity index (χ0) is 13.8. The number of hydrogen-bond donors (Lipinski definition) is 1. The van der Waals surface area contributed by atoms with Gasteiger partial charge in [-0.05, 0) is 30.7 Å². The number of rotatable bonds is 4. The van der Waals surface area contributed by atoms with E-state index in [0.29, 0.717) is 24.1 Å². The van der Waals surface area contributed by atoms with Gasteiger partial charge in [-0.25, -0.2) is 4.39 Å². The van der Waals surface area contributed by atoms with Gasteiger partial charge in [-0.15, -0.1) is 0 Å². The van der Waals surface area contributed by atoms with E-state index in [0.717, 1.165) is 0 Å². The Kier molecular flexibility index (Phi) is 4.11. The van der Waals surface area contributed by atoms with Crippen molar-refractivity contribution in [1.82, 2.24) is 15.0 Å². The van der Waals surface area contributed by atoms with E-state index < -0.39 is 0 Å². The molecule has 0 saturated heterocycles. The van der Waals surface area contributed by atoms with Gasteiger partial charge < -0.3 is 10.2 Å². The summed E-state index contributed by atoms with van der Waals surface area (Å²) in [6.07, 6.45) is 0. The molecule has 2 aromatic rings. The van der Waals surface area contributed by atoms with Gasteiger partial charge in [0.25, 0.3) is 0 Å². The van der Waals surface area contributed by atoms with E-state index in [9.17, 15) is 4.39 Å². The van der Waals surface area contributed by atoms with Crippen molar-refractivity contribution in [3.63, 3.8) is 0 Å². The van der Waals surface area contributed by atoms with Gasteiger partial charge in [0, 0.05) is 13.6 Å². The normalized spacial score (nSPS) is 10.3. The molecule has 0 fully saturated rings. The van der Waals surface area contributed by atoms with Crippen LogP contribution in [0.4, 0.5) is 22.0 Å². The van der Waals surface area contributed by atoms with E-state index >= 15 is 0 Å². The molecule has 2 rings (SSSR count). The molecule has 1 aromatic heterocycles. The van der Waals surface area contributed by atoms with Gasteiger partial charge >= 0.3 is 0 Å². The van der Waals surface area contributed by atoms with Gasteiger partial charge in [-0.2, -0.15) is 15.0 Å². The average molecular weight is 282 g/mol. The van der Waals surface area contributed by atoms with Crippen LogP contribution in [0, 0.1) is 5.82 Å². The lowest BCUT2D eigenvalue weighted by molar-refractivity contribution is 0.624. The zero-order valence-corrected chi connectivity index (χ0v) is 11.3. The lowest BCUT2D eigenvalue weighted by Crippen LogP contribution is -2.21. The first-order valence-electron chi connectivity index (χ1n) is 5.77. The molecule has 0 radical (unpaired) electrons. The molecule has 0 aliphatic rings. The van der Waals surface area contributed by atoms with E-state index in [1.54, 1.807) is 30.1 Å². The van der Waals surface area contributed by atoms with Gasteiger partial charge in [0.2, 0.25) is 17.2 Å². The van der Waals surface area contributed by atoms with E-state index in [-0.39, 0.29) is 11.1 Å². The highest BCUT2D eigenvalue weighted by molar-refractivity contribution is 6.28.